The molecule has 0 spiro atoms. The fourth-order valence-corrected chi connectivity index (χ4v) is 5.39. The molecule has 2 aliphatic rings. The average molecular weight is 490 g/mol. The van der Waals surface area contributed by atoms with E-state index in [1.54, 1.807) is 26.4 Å². The van der Waals surface area contributed by atoms with Crippen LogP contribution >= 0.6 is 0 Å². The van der Waals surface area contributed by atoms with Crippen molar-refractivity contribution in [2.75, 3.05) is 52.4 Å². The third-order valence-corrected chi connectivity index (χ3v) is 7.94. The Morgan fingerprint density at radius 2 is 1.79 bits per heavy atom. The summed E-state index contributed by atoms with van der Waals surface area (Å²) < 4.78 is 43.0. The van der Waals surface area contributed by atoms with Crippen LogP contribution in [0.3, 0.4) is 0 Å². The van der Waals surface area contributed by atoms with Gasteiger partial charge < -0.3 is 19.5 Å². The normalized spacial score (nSPS) is 16.9. The first-order valence-corrected chi connectivity index (χ1v) is 12.8. The number of anilines is 1. The summed E-state index contributed by atoms with van der Waals surface area (Å²) in [5.41, 5.74) is 1.55. The van der Waals surface area contributed by atoms with E-state index >= 15 is 0 Å². The van der Waals surface area contributed by atoms with E-state index in [0.717, 1.165) is 29.9 Å². The Morgan fingerprint density at radius 3 is 2.41 bits per heavy atom. The van der Waals surface area contributed by atoms with Gasteiger partial charge in [0.1, 0.15) is 11.5 Å². The lowest BCUT2D eigenvalue weighted by atomic mass is 10.1. The molecule has 34 heavy (non-hydrogen) atoms. The summed E-state index contributed by atoms with van der Waals surface area (Å²) >= 11 is 0. The fourth-order valence-electron chi connectivity index (χ4n) is 3.99. The first-order chi connectivity index (χ1) is 16.4. The molecule has 2 fully saturated rings. The van der Waals surface area contributed by atoms with E-state index in [2.05, 4.69) is 10.2 Å². The van der Waals surface area contributed by atoms with Gasteiger partial charge in [-0.2, -0.15) is 4.31 Å². The van der Waals surface area contributed by atoms with Crippen molar-refractivity contribution in [3.63, 3.8) is 0 Å². The predicted molar refractivity (Wildman–Crippen MR) is 128 cm³/mol. The van der Waals surface area contributed by atoms with Crippen molar-refractivity contribution in [1.29, 1.82) is 0 Å². The molecule has 1 heterocycles. The lowest BCUT2D eigenvalue weighted by Gasteiger charge is -2.26. The number of hydrogen-bond acceptors (Lipinski definition) is 7. The van der Waals surface area contributed by atoms with Gasteiger partial charge in [-0.05, 0) is 43.2 Å². The zero-order valence-corrected chi connectivity index (χ0v) is 20.3. The molecule has 10 heteroatoms. The van der Waals surface area contributed by atoms with Crippen molar-refractivity contribution in [2.24, 2.45) is 0 Å². The maximum absolute atomic E-state index is 12.8. The summed E-state index contributed by atoms with van der Waals surface area (Å²) in [6.45, 7) is 2.30. The van der Waals surface area contributed by atoms with Gasteiger partial charge in [0.05, 0.1) is 38.9 Å². The van der Waals surface area contributed by atoms with Crippen LogP contribution in [0, 0.1) is 0 Å². The van der Waals surface area contributed by atoms with E-state index in [4.69, 9.17) is 14.2 Å². The molecule has 9 nitrogen and oxygen atoms in total. The van der Waals surface area contributed by atoms with E-state index in [1.165, 1.54) is 16.4 Å². The minimum atomic E-state index is -3.56. The van der Waals surface area contributed by atoms with Gasteiger partial charge in [0.2, 0.25) is 15.9 Å². The number of ether oxygens (including phenoxy) is 3. The van der Waals surface area contributed by atoms with Crippen LogP contribution in [-0.2, 0) is 26.1 Å². The molecule has 4 rings (SSSR count). The van der Waals surface area contributed by atoms with Gasteiger partial charge >= 0.3 is 0 Å². The van der Waals surface area contributed by atoms with Crippen LogP contribution in [0.5, 0.6) is 11.5 Å². The SMILES string of the molecule is COc1ccc(CN(CC(=O)Nc2ccc(S(=O)(=O)N3CCOCC3)cc2)C2CC2)c(OC)c1. The van der Waals surface area contributed by atoms with Crippen LogP contribution in [0.1, 0.15) is 18.4 Å². The number of sulfonamides is 1. The van der Waals surface area contributed by atoms with Crippen LogP contribution in [0.15, 0.2) is 47.4 Å². The molecule has 1 N–H and O–H groups in total. The Morgan fingerprint density at radius 1 is 1.09 bits per heavy atom. The monoisotopic (exact) mass is 489 g/mol. The second-order valence-electron chi connectivity index (χ2n) is 8.40. The minimum Gasteiger partial charge on any atom is -0.497 e. The average Bonchev–Trinajstić information content (AvgIpc) is 3.70. The second kappa shape index (κ2) is 10.7. The fraction of sp³-hybridized carbons (Fsp3) is 0.458. The molecule has 0 unspecified atom stereocenters. The van der Waals surface area contributed by atoms with Crippen molar-refractivity contribution in [2.45, 2.75) is 30.3 Å². The topological polar surface area (TPSA) is 97.4 Å². The van der Waals surface area contributed by atoms with Crippen molar-refractivity contribution < 1.29 is 27.4 Å². The molecule has 2 aromatic carbocycles. The molecule has 0 bridgehead atoms. The van der Waals surface area contributed by atoms with Crippen LogP contribution in [-0.4, -0.2) is 76.6 Å². The van der Waals surface area contributed by atoms with Gasteiger partial charge in [0, 0.05) is 43.0 Å². The first-order valence-electron chi connectivity index (χ1n) is 11.3. The van der Waals surface area contributed by atoms with Gasteiger partial charge in [-0.1, -0.05) is 6.07 Å². The molecule has 2 aromatic rings. The van der Waals surface area contributed by atoms with Gasteiger partial charge in [-0.15, -0.1) is 0 Å². The zero-order valence-electron chi connectivity index (χ0n) is 19.5. The van der Waals surface area contributed by atoms with E-state index in [0.29, 0.717) is 44.6 Å². The number of morpholine rings is 1. The quantitative estimate of drug-likeness (QED) is 0.547. The van der Waals surface area contributed by atoms with E-state index in [-0.39, 0.29) is 17.3 Å². The number of hydrogen-bond donors (Lipinski definition) is 1. The van der Waals surface area contributed by atoms with Crippen molar-refractivity contribution in [3.05, 3.63) is 48.0 Å². The third-order valence-electron chi connectivity index (χ3n) is 6.02. The number of carbonyl (C=O) groups is 1. The summed E-state index contributed by atoms with van der Waals surface area (Å²) in [7, 11) is -0.333. The molecule has 1 aliphatic heterocycles. The molecule has 0 aromatic heterocycles. The van der Waals surface area contributed by atoms with Crippen molar-refractivity contribution in [3.8, 4) is 11.5 Å². The van der Waals surface area contributed by atoms with E-state index < -0.39 is 10.0 Å². The lowest BCUT2D eigenvalue weighted by molar-refractivity contribution is -0.117. The van der Waals surface area contributed by atoms with Crippen LogP contribution in [0.4, 0.5) is 5.69 Å². The molecule has 1 saturated heterocycles. The smallest absolute Gasteiger partial charge is 0.243 e. The Kier molecular flexibility index (Phi) is 7.72. The Hall–Kier alpha value is -2.66. The summed E-state index contributed by atoms with van der Waals surface area (Å²) in [4.78, 5) is 15.1. The Bertz CT molecular complexity index is 1100. The highest BCUT2D eigenvalue weighted by atomic mass is 32.2. The molecule has 1 amide bonds. The van der Waals surface area contributed by atoms with Crippen molar-refractivity contribution >= 4 is 21.6 Å². The van der Waals surface area contributed by atoms with E-state index in [1.807, 2.05) is 18.2 Å². The molecular weight excluding hydrogens is 458 g/mol. The number of amides is 1. The molecule has 1 aliphatic carbocycles. The molecule has 1 saturated carbocycles. The van der Waals surface area contributed by atoms with Crippen LogP contribution < -0.4 is 14.8 Å². The predicted octanol–water partition coefficient (Wildman–Crippen LogP) is 2.33. The number of nitrogens with one attached hydrogen (secondary N) is 1. The number of rotatable bonds is 10. The number of nitrogens with zero attached hydrogens (tertiary/aromatic N) is 2. The number of benzene rings is 2. The van der Waals surface area contributed by atoms with Gasteiger partial charge in [0.15, 0.2) is 0 Å². The second-order valence-corrected chi connectivity index (χ2v) is 10.3. The number of methoxy groups -OCH3 is 2. The van der Waals surface area contributed by atoms with Crippen LogP contribution in [0.2, 0.25) is 0 Å². The maximum atomic E-state index is 12.8. The third kappa shape index (κ3) is 5.87. The largest absolute Gasteiger partial charge is 0.497 e. The molecular formula is C24H31N3O6S. The molecule has 0 radical (unpaired) electrons. The highest BCUT2D eigenvalue weighted by Crippen LogP contribution is 2.32. The minimum absolute atomic E-state index is 0.150. The van der Waals surface area contributed by atoms with Crippen LogP contribution in [0.25, 0.3) is 0 Å². The summed E-state index contributed by atoms with van der Waals surface area (Å²) in [6.07, 6.45) is 2.11. The Balaban J connectivity index is 1.38. The standard InChI is InChI=1S/C24H31N3O6S/c1-31-21-8-3-18(23(15-21)32-2)16-26(20-6-7-20)17-24(28)25-19-4-9-22(10-5-19)34(29,30)27-11-13-33-14-12-27/h3-5,8-10,15,20H,6-7,11-14,16-17H2,1-2H3,(H,25,28). The molecule has 0 atom stereocenters. The molecule has 184 valence electrons. The van der Waals surface area contributed by atoms with Gasteiger partial charge in [-0.3, -0.25) is 9.69 Å². The maximum Gasteiger partial charge on any atom is 0.243 e. The Labute approximate surface area is 200 Å². The van der Waals surface area contributed by atoms with Crippen molar-refractivity contribution in [1.82, 2.24) is 9.21 Å². The lowest BCUT2D eigenvalue weighted by Crippen LogP contribution is -2.40. The first kappa shape index (κ1) is 24.5. The summed E-state index contributed by atoms with van der Waals surface area (Å²) in [5.74, 6) is 1.29. The number of carbonyl (C=O) groups excluding carboxylic acids is 1. The van der Waals surface area contributed by atoms with E-state index in [9.17, 15) is 13.2 Å². The van der Waals surface area contributed by atoms with Gasteiger partial charge in [-0.25, -0.2) is 8.42 Å². The summed E-state index contributed by atoms with van der Waals surface area (Å²) in [6, 6.07) is 12.3. The highest BCUT2D eigenvalue weighted by molar-refractivity contribution is 7.89. The summed E-state index contributed by atoms with van der Waals surface area (Å²) in [5, 5.41) is 2.89. The van der Waals surface area contributed by atoms with Gasteiger partial charge in [0.25, 0.3) is 0 Å². The highest BCUT2D eigenvalue weighted by Gasteiger charge is 2.31. The zero-order chi connectivity index (χ0) is 24.1.